The molecule has 1 heterocycles. The fraction of sp³-hybridized carbons (Fsp3) is 0.176. The molecule has 2 amide bonds. The minimum atomic E-state index is -1.29. The predicted molar refractivity (Wildman–Crippen MR) is 91.4 cm³/mol. The van der Waals surface area contributed by atoms with Gasteiger partial charge < -0.3 is 20.7 Å². The van der Waals surface area contributed by atoms with Crippen molar-refractivity contribution in [1.82, 2.24) is 10.3 Å². The van der Waals surface area contributed by atoms with Gasteiger partial charge in [0.1, 0.15) is 11.6 Å². The van der Waals surface area contributed by atoms with Gasteiger partial charge in [-0.05, 0) is 36.8 Å². The van der Waals surface area contributed by atoms with Crippen molar-refractivity contribution in [3.63, 3.8) is 0 Å². The van der Waals surface area contributed by atoms with E-state index in [0.29, 0.717) is 16.9 Å². The third-order valence-electron chi connectivity index (χ3n) is 3.42. The summed E-state index contributed by atoms with van der Waals surface area (Å²) in [6.07, 6.45) is 0. The number of carbonyl (C=O) groups excluding carboxylic acids is 2. The lowest BCUT2D eigenvalue weighted by Crippen LogP contribution is -2.40. The number of carboxylic acids is 1. The zero-order valence-electron chi connectivity index (χ0n) is 13.6. The van der Waals surface area contributed by atoms with E-state index in [1.165, 1.54) is 19.1 Å². The van der Waals surface area contributed by atoms with Crippen molar-refractivity contribution in [3.05, 3.63) is 52.3 Å². The first kappa shape index (κ1) is 17.9. The lowest BCUT2D eigenvalue weighted by molar-refractivity contribution is -0.124. The SMILES string of the molecule is CC(=O)NC(C)C(=O)Nc1ccc(-c2ccc(C(=O)O)c(=O)[nH]2)cc1. The monoisotopic (exact) mass is 343 g/mol. The number of pyridine rings is 1. The normalized spacial score (nSPS) is 11.4. The molecule has 130 valence electrons. The summed E-state index contributed by atoms with van der Waals surface area (Å²) in [5.74, 6) is -1.95. The predicted octanol–water partition coefficient (Wildman–Crippen LogP) is 1.20. The van der Waals surface area contributed by atoms with Gasteiger partial charge in [-0.2, -0.15) is 0 Å². The van der Waals surface area contributed by atoms with E-state index in [1.54, 1.807) is 31.2 Å². The fourth-order valence-corrected chi connectivity index (χ4v) is 2.16. The van der Waals surface area contributed by atoms with Crippen LogP contribution in [0.5, 0.6) is 0 Å². The summed E-state index contributed by atoms with van der Waals surface area (Å²) in [7, 11) is 0. The lowest BCUT2D eigenvalue weighted by Gasteiger charge is -2.13. The molecule has 2 aromatic rings. The second kappa shape index (κ2) is 7.43. The van der Waals surface area contributed by atoms with Gasteiger partial charge in [-0.3, -0.25) is 14.4 Å². The molecule has 1 atom stereocenters. The molecule has 8 heteroatoms. The van der Waals surface area contributed by atoms with E-state index in [1.807, 2.05) is 0 Å². The highest BCUT2D eigenvalue weighted by Crippen LogP contribution is 2.19. The third-order valence-corrected chi connectivity index (χ3v) is 3.42. The number of hydrogen-bond donors (Lipinski definition) is 4. The Morgan fingerprint density at radius 3 is 2.24 bits per heavy atom. The zero-order valence-corrected chi connectivity index (χ0v) is 13.6. The summed E-state index contributed by atoms with van der Waals surface area (Å²) in [5.41, 5.74) is 0.614. The Balaban J connectivity index is 2.13. The molecule has 1 aromatic heterocycles. The second-order valence-electron chi connectivity index (χ2n) is 5.41. The molecule has 0 radical (unpaired) electrons. The number of hydrogen-bond acceptors (Lipinski definition) is 4. The average molecular weight is 343 g/mol. The van der Waals surface area contributed by atoms with Gasteiger partial charge in [0.15, 0.2) is 0 Å². The molecule has 4 N–H and O–H groups in total. The highest BCUT2D eigenvalue weighted by molar-refractivity contribution is 5.96. The van der Waals surface area contributed by atoms with E-state index in [0.717, 1.165) is 0 Å². The van der Waals surface area contributed by atoms with Crippen LogP contribution in [0.3, 0.4) is 0 Å². The van der Waals surface area contributed by atoms with Crippen LogP contribution in [-0.2, 0) is 9.59 Å². The minimum absolute atomic E-state index is 0.299. The molecule has 0 saturated carbocycles. The average Bonchev–Trinajstić information content (AvgIpc) is 2.54. The number of benzene rings is 1. The Hall–Kier alpha value is -3.42. The molecular weight excluding hydrogens is 326 g/mol. The van der Waals surface area contributed by atoms with Gasteiger partial charge in [-0.1, -0.05) is 12.1 Å². The summed E-state index contributed by atoms with van der Waals surface area (Å²) >= 11 is 0. The van der Waals surface area contributed by atoms with Gasteiger partial charge in [-0.25, -0.2) is 4.79 Å². The van der Waals surface area contributed by atoms with Crippen LogP contribution in [0, 0.1) is 0 Å². The first-order chi connectivity index (χ1) is 11.8. The van der Waals surface area contributed by atoms with Gasteiger partial charge in [0, 0.05) is 18.3 Å². The Bertz CT molecular complexity index is 871. The van der Waals surface area contributed by atoms with Crippen molar-refractivity contribution in [2.24, 2.45) is 0 Å². The van der Waals surface area contributed by atoms with Crippen molar-refractivity contribution in [2.45, 2.75) is 19.9 Å². The quantitative estimate of drug-likeness (QED) is 0.648. The number of H-pyrrole nitrogens is 1. The van der Waals surface area contributed by atoms with Gasteiger partial charge in [0.25, 0.3) is 5.56 Å². The van der Waals surface area contributed by atoms with E-state index in [4.69, 9.17) is 5.11 Å². The van der Waals surface area contributed by atoms with E-state index < -0.39 is 17.6 Å². The maximum atomic E-state index is 11.9. The summed E-state index contributed by atoms with van der Waals surface area (Å²) < 4.78 is 0. The molecule has 1 aromatic carbocycles. The largest absolute Gasteiger partial charge is 0.477 e. The molecule has 0 aliphatic heterocycles. The first-order valence-electron chi connectivity index (χ1n) is 7.43. The number of aromatic carboxylic acids is 1. The summed E-state index contributed by atoms with van der Waals surface area (Å²) in [6, 6.07) is 8.68. The molecule has 0 bridgehead atoms. The molecule has 2 rings (SSSR count). The second-order valence-corrected chi connectivity index (χ2v) is 5.41. The number of rotatable bonds is 5. The van der Waals surface area contributed by atoms with Crippen LogP contribution in [0.15, 0.2) is 41.2 Å². The number of anilines is 1. The number of carbonyl (C=O) groups is 3. The summed E-state index contributed by atoms with van der Waals surface area (Å²) in [4.78, 5) is 47.9. The van der Waals surface area contributed by atoms with Crippen LogP contribution in [0.4, 0.5) is 5.69 Å². The molecule has 0 spiro atoms. The highest BCUT2D eigenvalue weighted by Gasteiger charge is 2.14. The molecule has 0 aliphatic carbocycles. The van der Waals surface area contributed by atoms with Gasteiger partial charge >= 0.3 is 5.97 Å². The number of amides is 2. The maximum absolute atomic E-state index is 11.9. The van der Waals surface area contributed by atoms with E-state index >= 15 is 0 Å². The Kier molecular flexibility index (Phi) is 5.33. The highest BCUT2D eigenvalue weighted by atomic mass is 16.4. The molecule has 0 fully saturated rings. The topological polar surface area (TPSA) is 128 Å². The molecule has 25 heavy (non-hydrogen) atoms. The van der Waals surface area contributed by atoms with Crippen molar-refractivity contribution in [3.8, 4) is 11.3 Å². The first-order valence-corrected chi connectivity index (χ1v) is 7.43. The van der Waals surface area contributed by atoms with Crippen molar-refractivity contribution < 1.29 is 19.5 Å². The summed E-state index contributed by atoms with van der Waals surface area (Å²) in [6.45, 7) is 2.90. The minimum Gasteiger partial charge on any atom is -0.477 e. The fourth-order valence-electron chi connectivity index (χ4n) is 2.16. The molecule has 1 unspecified atom stereocenters. The van der Waals surface area contributed by atoms with Crippen LogP contribution < -0.4 is 16.2 Å². The molecular formula is C17H17N3O5. The Morgan fingerprint density at radius 2 is 1.72 bits per heavy atom. The smallest absolute Gasteiger partial charge is 0.341 e. The zero-order chi connectivity index (χ0) is 18.6. The number of carboxylic acid groups (broad SMARTS) is 1. The Morgan fingerprint density at radius 1 is 1.08 bits per heavy atom. The van der Waals surface area contributed by atoms with Crippen LogP contribution in [-0.4, -0.2) is 33.9 Å². The number of aromatic nitrogens is 1. The van der Waals surface area contributed by atoms with Crippen LogP contribution >= 0.6 is 0 Å². The maximum Gasteiger partial charge on any atom is 0.341 e. The van der Waals surface area contributed by atoms with E-state index in [9.17, 15) is 19.2 Å². The van der Waals surface area contributed by atoms with Crippen LogP contribution in [0.2, 0.25) is 0 Å². The van der Waals surface area contributed by atoms with Crippen molar-refractivity contribution in [2.75, 3.05) is 5.32 Å². The molecule has 0 aliphatic rings. The van der Waals surface area contributed by atoms with Crippen molar-refractivity contribution >= 4 is 23.5 Å². The van der Waals surface area contributed by atoms with Gasteiger partial charge in [0.05, 0.1) is 0 Å². The molecule has 0 saturated heterocycles. The number of aromatic amines is 1. The molecule has 8 nitrogen and oxygen atoms in total. The van der Waals surface area contributed by atoms with E-state index in [-0.39, 0.29) is 17.4 Å². The third kappa shape index (κ3) is 4.54. The van der Waals surface area contributed by atoms with E-state index in [2.05, 4.69) is 15.6 Å². The standard InChI is InChI=1S/C17H17N3O5/c1-9(18-10(2)21)15(22)19-12-5-3-11(4-6-12)14-8-7-13(17(24)25)16(23)20-14/h3-9H,1-2H3,(H,18,21)(H,19,22)(H,20,23)(H,24,25). The Labute approximate surface area is 142 Å². The van der Waals surface area contributed by atoms with Gasteiger partial charge in [0.2, 0.25) is 11.8 Å². The summed E-state index contributed by atoms with van der Waals surface area (Å²) in [5, 5.41) is 14.0. The van der Waals surface area contributed by atoms with Crippen molar-refractivity contribution in [1.29, 1.82) is 0 Å². The van der Waals surface area contributed by atoms with Gasteiger partial charge in [-0.15, -0.1) is 0 Å². The van der Waals surface area contributed by atoms with Crippen LogP contribution in [0.25, 0.3) is 11.3 Å². The number of nitrogens with one attached hydrogen (secondary N) is 3. The van der Waals surface area contributed by atoms with Crippen LogP contribution in [0.1, 0.15) is 24.2 Å². The lowest BCUT2D eigenvalue weighted by atomic mass is 10.1.